The van der Waals surface area contributed by atoms with Crippen molar-refractivity contribution in [2.45, 2.75) is 31.6 Å². The first kappa shape index (κ1) is 21.2. The highest BCUT2D eigenvalue weighted by Crippen LogP contribution is 2.44. The number of nitrogens with zero attached hydrogens (tertiary/aromatic N) is 6. The van der Waals surface area contributed by atoms with E-state index in [9.17, 15) is 14.9 Å². The summed E-state index contributed by atoms with van der Waals surface area (Å²) in [5.41, 5.74) is 17.1. The van der Waals surface area contributed by atoms with Crippen LogP contribution in [-0.2, 0) is 0 Å². The molecule has 0 bridgehead atoms. The molecule has 166 valence electrons. The number of ether oxygens (including phenoxy) is 1. The summed E-state index contributed by atoms with van der Waals surface area (Å²) in [5.74, 6) is -1.27. The predicted octanol–water partition coefficient (Wildman–Crippen LogP) is 0.113. The number of rotatable bonds is 7. The summed E-state index contributed by atoms with van der Waals surface area (Å²) in [7, 11) is 0. The third-order valence-corrected chi connectivity index (χ3v) is 5.77. The van der Waals surface area contributed by atoms with Crippen molar-refractivity contribution < 1.29 is 14.3 Å². The number of piperidine rings is 1. The number of anilines is 2. The predicted molar refractivity (Wildman–Crippen MR) is 112 cm³/mol. The molecule has 3 heterocycles. The molecule has 0 spiro atoms. The molecule has 2 amide bonds. The zero-order chi connectivity index (χ0) is 22.9. The second kappa shape index (κ2) is 8.26. The maximum atomic E-state index is 11.7. The standard InChI is InChI=1S/C20H23N9O3/c21-9-20(5-6-20)10-32-19-27-17(16(24)31)26-18(28-19)29-7-3-11(4-8-29)13-2-1-12(22)14(25-13)15(23)30/h1-2,11H,3-8,10,22H2,(H2,23,30)(H2,24,31). The number of hydrogen-bond donors (Lipinski definition) is 3. The third kappa shape index (κ3) is 4.36. The van der Waals surface area contributed by atoms with Crippen LogP contribution < -0.4 is 26.8 Å². The number of nitriles is 1. The highest BCUT2D eigenvalue weighted by molar-refractivity contribution is 5.95. The molecular formula is C20H23N9O3. The molecule has 0 radical (unpaired) electrons. The third-order valence-electron chi connectivity index (χ3n) is 5.77. The minimum absolute atomic E-state index is 0.0289. The fourth-order valence-corrected chi connectivity index (χ4v) is 3.59. The number of carbonyl (C=O) groups excluding carboxylic acids is 2. The van der Waals surface area contributed by atoms with Gasteiger partial charge in [-0.25, -0.2) is 4.98 Å². The Morgan fingerprint density at radius 1 is 1.12 bits per heavy atom. The Balaban J connectivity index is 1.48. The first-order chi connectivity index (χ1) is 15.3. The van der Waals surface area contributed by atoms with Gasteiger partial charge in [-0.15, -0.1) is 0 Å². The van der Waals surface area contributed by atoms with Crippen molar-refractivity contribution >= 4 is 23.5 Å². The number of nitrogen functional groups attached to an aromatic ring is 1. The lowest BCUT2D eigenvalue weighted by Gasteiger charge is -2.32. The van der Waals surface area contributed by atoms with Crippen LogP contribution in [0.3, 0.4) is 0 Å². The van der Waals surface area contributed by atoms with Gasteiger partial charge >= 0.3 is 6.01 Å². The molecular weight excluding hydrogens is 414 g/mol. The summed E-state index contributed by atoms with van der Waals surface area (Å²) in [5, 5.41) is 9.21. The van der Waals surface area contributed by atoms with E-state index in [1.807, 2.05) is 4.90 Å². The number of hydrogen-bond acceptors (Lipinski definition) is 10. The van der Waals surface area contributed by atoms with Gasteiger partial charge in [0.1, 0.15) is 6.61 Å². The van der Waals surface area contributed by atoms with Gasteiger partial charge in [0.15, 0.2) is 5.69 Å². The quantitative estimate of drug-likeness (QED) is 0.534. The molecule has 1 saturated carbocycles. The van der Waals surface area contributed by atoms with Crippen LogP contribution in [0.25, 0.3) is 0 Å². The Kier molecular flexibility index (Phi) is 5.48. The minimum atomic E-state index is -0.792. The molecule has 2 aromatic rings. The molecule has 0 aromatic carbocycles. The van der Waals surface area contributed by atoms with Crippen LogP contribution in [0.15, 0.2) is 12.1 Å². The maximum absolute atomic E-state index is 11.7. The van der Waals surface area contributed by atoms with Gasteiger partial charge in [-0.1, -0.05) is 0 Å². The molecule has 0 unspecified atom stereocenters. The van der Waals surface area contributed by atoms with Crippen LogP contribution in [0, 0.1) is 16.7 Å². The van der Waals surface area contributed by atoms with E-state index in [1.165, 1.54) is 0 Å². The molecule has 0 atom stereocenters. The van der Waals surface area contributed by atoms with Crippen molar-refractivity contribution in [3.8, 4) is 12.1 Å². The summed E-state index contributed by atoms with van der Waals surface area (Å²) in [6.07, 6.45) is 2.93. The Morgan fingerprint density at radius 3 is 2.44 bits per heavy atom. The molecule has 32 heavy (non-hydrogen) atoms. The van der Waals surface area contributed by atoms with Crippen LogP contribution in [0.4, 0.5) is 11.6 Å². The van der Waals surface area contributed by atoms with Crippen molar-refractivity contribution in [2.75, 3.05) is 30.3 Å². The SMILES string of the molecule is N#CC1(COc2nc(C(N)=O)nc(N3CCC(c4ccc(N)c(C(N)=O)n4)CC3)n2)CC1. The van der Waals surface area contributed by atoms with Gasteiger partial charge in [0, 0.05) is 24.7 Å². The van der Waals surface area contributed by atoms with Crippen molar-refractivity contribution in [1.82, 2.24) is 19.9 Å². The van der Waals surface area contributed by atoms with Crippen LogP contribution in [0.1, 0.15) is 58.4 Å². The van der Waals surface area contributed by atoms with Gasteiger partial charge in [0.05, 0.1) is 17.2 Å². The van der Waals surface area contributed by atoms with Gasteiger partial charge < -0.3 is 26.8 Å². The Labute approximate surface area is 183 Å². The molecule has 2 aliphatic rings. The monoisotopic (exact) mass is 437 g/mol. The normalized spacial score (nSPS) is 17.4. The Morgan fingerprint density at radius 2 is 1.84 bits per heavy atom. The number of carbonyl (C=O) groups is 2. The van der Waals surface area contributed by atoms with E-state index < -0.39 is 17.2 Å². The molecule has 2 fully saturated rings. The molecule has 12 heteroatoms. The Bertz CT molecular complexity index is 1100. The molecule has 6 N–H and O–H groups in total. The lowest BCUT2D eigenvalue weighted by molar-refractivity contribution is 0.0983. The average molecular weight is 437 g/mol. The van der Waals surface area contributed by atoms with Crippen molar-refractivity contribution in [1.29, 1.82) is 5.26 Å². The highest BCUT2D eigenvalue weighted by Gasteiger charge is 2.44. The molecule has 12 nitrogen and oxygen atoms in total. The number of amides is 2. The van der Waals surface area contributed by atoms with Crippen LogP contribution in [0.2, 0.25) is 0 Å². The fraction of sp³-hybridized carbons (Fsp3) is 0.450. The molecule has 1 saturated heterocycles. The molecule has 4 rings (SSSR count). The molecule has 1 aliphatic carbocycles. The lowest BCUT2D eigenvalue weighted by atomic mass is 9.93. The van der Waals surface area contributed by atoms with Crippen LogP contribution in [0.5, 0.6) is 6.01 Å². The van der Waals surface area contributed by atoms with E-state index in [4.69, 9.17) is 21.9 Å². The van der Waals surface area contributed by atoms with Crippen LogP contribution >= 0.6 is 0 Å². The first-order valence-corrected chi connectivity index (χ1v) is 10.2. The first-order valence-electron chi connectivity index (χ1n) is 10.2. The van der Waals surface area contributed by atoms with Crippen LogP contribution in [-0.4, -0.2) is 51.4 Å². The number of pyridine rings is 1. The van der Waals surface area contributed by atoms with Gasteiger partial charge in [0.25, 0.3) is 11.8 Å². The van der Waals surface area contributed by atoms with E-state index in [1.54, 1.807) is 12.1 Å². The van der Waals surface area contributed by atoms with Gasteiger partial charge in [-0.2, -0.15) is 20.2 Å². The largest absolute Gasteiger partial charge is 0.462 e. The maximum Gasteiger partial charge on any atom is 0.322 e. The lowest BCUT2D eigenvalue weighted by Crippen LogP contribution is -2.35. The fourth-order valence-electron chi connectivity index (χ4n) is 3.59. The minimum Gasteiger partial charge on any atom is -0.462 e. The smallest absolute Gasteiger partial charge is 0.322 e. The molecule has 2 aromatic heterocycles. The topological polar surface area (TPSA) is 200 Å². The van der Waals surface area contributed by atoms with Crippen molar-refractivity contribution in [3.05, 3.63) is 29.3 Å². The van der Waals surface area contributed by atoms with Gasteiger partial charge in [-0.05, 0) is 37.8 Å². The zero-order valence-corrected chi connectivity index (χ0v) is 17.3. The van der Waals surface area contributed by atoms with E-state index in [0.29, 0.717) is 25.9 Å². The Hall–Kier alpha value is -4.01. The summed E-state index contributed by atoms with van der Waals surface area (Å²) in [6.45, 7) is 1.30. The second-order valence-corrected chi connectivity index (χ2v) is 8.09. The summed E-state index contributed by atoms with van der Waals surface area (Å²) in [4.78, 5) is 41.9. The zero-order valence-electron chi connectivity index (χ0n) is 17.3. The second-order valence-electron chi connectivity index (χ2n) is 8.09. The van der Waals surface area contributed by atoms with Gasteiger partial charge in [0.2, 0.25) is 11.8 Å². The van der Waals surface area contributed by atoms with E-state index >= 15 is 0 Å². The number of aromatic nitrogens is 4. The number of nitrogens with two attached hydrogens (primary N) is 3. The van der Waals surface area contributed by atoms with Crippen molar-refractivity contribution in [2.24, 2.45) is 16.9 Å². The van der Waals surface area contributed by atoms with E-state index in [-0.39, 0.29) is 41.7 Å². The van der Waals surface area contributed by atoms with Gasteiger partial charge in [-0.3, -0.25) is 9.59 Å². The summed E-state index contributed by atoms with van der Waals surface area (Å²) in [6, 6.07) is 5.64. The number of primary amides is 2. The van der Waals surface area contributed by atoms with E-state index in [0.717, 1.165) is 18.5 Å². The van der Waals surface area contributed by atoms with Crippen molar-refractivity contribution in [3.63, 3.8) is 0 Å². The highest BCUT2D eigenvalue weighted by atomic mass is 16.5. The summed E-state index contributed by atoms with van der Waals surface area (Å²) < 4.78 is 5.60. The molecule has 1 aliphatic heterocycles. The van der Waals surface area contributed by atoms with E-state index in [2.05, 4.69) is 26.0 Å². The summed E-state index contributed by atoms with van der Waals surface area (Å²) >= 11 is 0. The average Bonchev–Trinajstić information content (AvgIpc) is 3.58.